The molecule has 134 valence electrons. The van der Waals surface area contributed by atoms with Gasteiger partial charge in [0, 0.05) is 19.5 Å². The van der Waals surface area contributed by atoms with Crippen LogP contribution < -0.4 is 0 Å². The van der Waals surface area contributed by atoms with Crippen LogP contribution >= 0.6 is 0 Å². The Kier molecular flexibility index (Phi) is 5.16. The molecule has 3 rings (SSSR count). The molecule has 26 heavy (non-hydrogen) atoms. The number of likely N-dealkylation sites (N-methyl/N-ethyl adjacent to an activating group) is 1. The summed E-state index contributed by atoms with van der Waals surface area (Å²) in [5, 5.41) is 0. The molecule has 1 aliphatic rings. The van der Waals surface area contributed by atoms with Crippen molar-refractivity contribution in [2.24, 2.45) is 0 Å². The topological polar surface area (TPSA) is 57.7 Å². The Bertz CT molecular complexity index is 793. The Labute approximate surface area is 153 Å². The van der Waals surface area contributed by atoms with Crippen molar-refractivity contribution < 1.29 is 14.4 Å². The first-order chi connectivity index (χ1) is 12.6. The average molecular weight is 350 g/mol. The monoisotopic (exact) mass is 350 g/mol. The molecule has 0 unspecified atom stereocenters. The zero-order valence-electron chi connectivity index (χ0n) is 15.0. The molecule has 3 amide bonds. The maximum atomic E-state index is 13.1. The number of carbonyl (C=O) groups excluding carboxylic acids is 3. The molecule has 0 saturated carbocycles. The minimum atomic E-state index is -0.843. The molecule has 0 spiro atoms. The third kappa shape index (κ3) is 3.12. The molecule has 2 aromatic carbocycles. The van der Waals surface area contributed by atoms with Gasteiger partial charge in [0.15, 0.2) is 0 Å². The van der Waals surface area contributed by atoms with Gasteiger partial charge in [-0.15, -0.1) is 0 Å². The van der Waals surface area contributed by atoms with Gasteiger partial charge in [0.05, 0.1) is 11.1 Å². The maximum Gasteiger partial charge on any atom is 0.262 e. The van der Waals surface area contributed by atoms with Crippen LogP contribution in [0.3, 0.4) is 0 Å². The molecule has 5 nitrogen and oxygen atoms in total. The summed E-state index contributed by atoms with van der Waals surface area (Å²) in [7, 11) is 0. The van der Waals surface area contributed by atoms with Gasteiger partial charge in [-0.1, -0.05) is 42.5 Å². The summed E-state index contributed by atoms with van der Waals surface area (Å²) in [6.07, 6.45) is 0.307. The van der Waals surface area contributed by atoms with Crippen LogP contribution in [-0.2, 0) is 11.2 Å². The number of imide groups is 1. The SMILES string of the molecule is CCN(CC)C(=O)[C@@H](Cc1ccccc1)N1C(=O)c2ccccc2C1=O. The van der Waals surface area contributed by atoms with E-state index in [1.54, 1.807) is 29.2 Å². The summed E-state index contributed by atoms with van der Waals surface area (Å²) >= 11 is 0. The van der Waals surface area contributed by atoms with Gasteiger partial charge in [-0.2, -0.15) is 0 Å². The van der Waals surface area contributed by atoms with Crippen LogP contribution in [0, 0.1) is 0 Å². The molecule has 1 heterocycles. The number of rotatable bonds is 6. The Morgan fingerprint density at radius 2 is 1.38 bits per heavy atom. The normalized spacial score (nSPS) is 14.3. The molecule has 0 N–H and O–H groups in total. The largest absolute Gasteiger partial charge is 0.341 e. The number of hydrogen-bond acceptors (Lipinski definition) is 3. The first-order valence-corrected chi connectivity index (χ1v) is 8.88. The van der Waals surface area contributed by atoms with Gasteiger partial charge in [-0.05, 0) is 31.5 Å². The lowest BCUT2D eigenvalue weighted by Gasteiger charge is -2.30. The van der Waals surface area contributed by atoms with Crippen molar-refractivity contribution >= 4 is 17.7 Å². The number of hydrogen-bond donors (Lipinski definition) is 0. The zero-order chi connectivity index (χ0) is 18.7. The quantitative estimate of drug-likeness (QED) is 0.753. The van der Waals surface area contributed by atoms with Crippen LogP contribution in [0.5, 0.6) is 0 Å². The third-order valence-electron chi connectivity index (χ3n) is 4.77. The molecule has 1 aliphatic heterocycles. The Hall–Kier alpha value is -2.95. The fourth-order valence-corrected chi connectivity index (χ4v) is 3.36. The molecular formula is C21H22N2O3. The van der Waals surface area contributed by atoms with E-state index in [-0.39, 0.29) is 5.91 Å². The number of fused-ring (bicyclic) bond motifs is 1. The lowest BCUT2D eigenvalue weighted by atomic mass is 10.0. The van der Waals surface area contributed by atoms with Crippen molar-refractivity contribution in [2.45, 2.75) is 26.3 Å². The summed E-state index contributed by atoms with van der Waals surface area (Å²) in [5.74, 6) is -0.993. The summed E-state index contributed by atoms with van der Waals surface area (Å²) in [5.41, 5.74) is 1.64. The van der Waals surface area contributed by atoms with Crippen LogP contribution in [0.2, 0.25) is 0 Å². The van der Waals surface area contributed by atoms with Gasteiger partial charge in [-0.3, -0.25) is 19.3 Å². The number of amides is 3. The van der Waals surface area contributed by atoms with E-state index >= 15 is 0 Å². The molecule has 0 aliphatic carbocycles. The summed E-state index contributed by atoms with van der Waals surface area (Å²) < 4.78 is 0. The molecule has 0 radical (unpaired) electrons. The molecule has 5 heteroatoms. The maximum absolute atomic E-state index is 13.1. The van der Waals surface area contributed by atoms with Crippen LogP contribution in [0.25, 0.3) is 0 Å². The van der Waals surface area contributed by atoms with Gasteiger partial charge < -0.3 is 4.90 Å². The van der Waals surface area contributed by atoms with Crippen molar-refractivity contribution in [3.8, 4) is 0 Å². The zero-order valence-corrected chi connectivity index (χ0v) is 15.0. The van der Waals surface area contributed by atoms with Gasteiger partial charge >= 0.3 is 0 Å². The number of benzene rings is 2. The average Bonchev–Trinajstić information content (AvgIpc) is 2.93. The minimum absolute atomic E-state index is 0.201. The third-order valence-corrected chi connectivity index (χ3v) is 4.77. The molecular weight excluding hydrogens is 328 g/mol. The lowest BCUT2D eigenvalue weighted by molar-refractivity contribution is -0.135. The highest BCUT2D eigenvalue weighted by molar-refractivity contribution is 6.22. The van der Waals surface area contributed by atoms with Crippen LogP contribution in [0.1, 0.15) is 40.1 Å². The summed E-state index contributed by atoms with van der Waals surface area (Å²) in [6.45, 7) is 4.85. The molecule has 0 saturated heterocycles. The molecule has 0 fully saturated rings. The predicted molar refractivity (Wildman–Crippen MR) is 98.8 cm³/mol. The molecule has 0 bridgehead atoms. The Morgan fingerprint density at radius 3 is 1.88 bits per heavy atom. The van der Waals surface area contributed by atoms with Crippen LogP contribution in [-0.4, -0.2) is 46.7 Å². The standard InChI is InChI=1S/C21H22N2O3/c1-3-22(4-2)21(26)18(14-15-10-6-5-7-11-15)23-19(24)16-12-8-9-13-17(16)20(23)25/h5-13,18H,3-4,14H2,1-2H3/t18-/m1/s1. The van der Waals surface area contributed by atoms with E-state index in [1.807, 2.05) is 44.2 Å². The van der Waals surface area contributed by atoms with Crippen LogP contribution in [0.4, 0.5) is 0 Å². The fraction of sp³-hybridized carbons (Fsp3) is 0.286. The van der Waals surface area contributed by atoms with Crippen molar-refractivity contribution in [1.82, 2.24) is 9.80 Å². The first kappa shape index (κ1) is 17.9. The van der Waals surface area contributed by atoms with E-state index in [2.05, 4.69) is 0 Å². The number of carbonyl (C=O) groups is 3. The van der Waals surface area contributed by atoms with E-state index in [4.69, 9.17) is 0 Å². The summed E-state index contributed by atoms with van der Waals surface area (Å²) in [6, 6.07) is 15.4. The van der Waals surface area contributed by atoms with Crippen molar-refractivity contribution in [3.63, 3.8) is 0 Å². The van der Waals surface area contributed by atoms with E-state index in [1.165, 1.54) is 0 Å². The highest BCUT2D eigenvalue weighted by Crippen LogP contribution is 2.26. The van der Waals surface area contributed by atoms with Crippen molar-refractivity contribution in [3.05, 3.63) is 71.3 Å². The smallest absolute Gasteiger partial charge is 0.262 e. The second-order valence-electron chi connectivity index (χ2n) is 6.24. The van der Waals surface area contributed by atoms with E-state index in [0.717, 1.165) is 10.5 Å². The van der Waals surface area contributed by atoms with Gasteiger partial charge in [0.2, 0.25) is 5.91 Å². The minimum Gasteiger partial charge on any atom is -0.341 e. The Balaban J connectivity index is 1.99. The van der Waals surface area contributed by atoms with Crippen LogP contribution in [0.15, 0.2) is 54.6 Å². The lowest BCUT2D eigenvalue weighted by Crippen LogP contribution is -2.52. The van der Waals surface area contributed by atoms with E-state index < -0.39 is 17.9 Å². The Morgan fingerprint density at radius 1 is 0.885 bits per heavy atom. The van der Waals surface area contributed by atoms with E-state index in [0.29, 0.717) is 30.6 Å². The van der Waals surface area contributed by atoms with Gasteiger partial charge in [-0.25, -0.2) is 0 Å². The highest BCUT2D eigenvalue weighted by Gasteiger charge is 2.43. The predicted octanol–water partition coefficient (Wildman–Crippen LogP) is 2.76. The molecule has 0 aromatic heterocycles. The van der Waals surface area contributed by atoms with E-state index in [9.17, 15) is 14.4 Å². The van der Waals surface area contributed by atoms with Crippen molar-refractivity contribution in [1.29, 1.82) is 0 Å². The second-order valence-corrected chi connectivity index (χ2v) is 6.24. The number of nitrogens with zero attached hydrogens (tertiary/aromatic N) is 2. The second kappa shape index (κ2) is 7.52. The highest BCUT2D eigenvalue weighted by atomic mass is 16.2. The molecule has 1 atom stereocenters. The summed E-state index contributed by atoms with van der Waals surface area (Å²) in [4.78, 5) is 41.7. The van der Waals surface area contributed by atoms with Gasteiger partial charge in [0.25, 0.3) is 11.8 Å². The molecule has 2 aromatic rings. The first-order valence-electron chi connectivity index (χ1n) is 8.88. The van der Waals surface area contributed by atoms with Crippen molar-refractivity contribution in [2.75, 3.05) is 13.1 Å². The fourth-order valence-electron chi connectivity index (χ4n) is 3.36. The van der Waals surface area contributed by atoms with Gasteiger partial charge in [0.1, 0.15) is 6.04 Å².